The summed E-state index contributed by atoms with van der Waals surface area (Å²) < 4.78 is 4.12. The minimum atomic E-state index is -0.995. The zero-order valence-corrected chi connectivity index (χ0v) is 5.84. The van der Waals surface area contributed by atoms with Crippen LogP contribution in [0.2, 0.25) is 0 Å². The predicted octanol–water partition coefficient (Wildman–Crippen LogP) is -0.347. The van der Waals surface area contributed by atoms with E-state index in [-0.39, 0.29) is 13.5 Å². The summed E-state index contributed by atoms with van der Waals surface area (Å²) >= 11 is 0. The zero-order chi connectivity index (χ0) is 5.86. The van der Waals surface area contributed by atoms with Crippen molar-refractivity contribution in [3.8, 4) is 0 Å². The van der Waals surface area contributed by atoms with Crippen LogP contribution in [0.25, 0.3) is 0 Å². The second kappa shape index (κ2) is 4.93. The van der Waals surface area contributed by atoms with Crippen molar-refractivity contribution in [2.24, 2.45) is 0 Å². The number of aliphatic hydroxyl groups excluding tert-OH is 1. The van der Waals surface area contributed by atoms with E-state index in [0.29, 0.717) is 0 Å². The van der Waals surface area contributed by atoms with Crippen molar-refractivity contribution in [3.63, 3.8) is 0 Å². The molecule has 0 rings (SSSR count). The number of hydrogen-bond donors (Lipinski definition) is 1. The number of hydrogen-bond acceptors (Lipinski definition) is 3. The van der Waals surface area contributed by atoms with Gasteiger partial charge in [-0.1, -0.05) is 0 Å². The maximum absolute atomic E-state index is 10.0. The third-order valence-electron chi connectivity index (χ3n) is 0.542. The Hall–Kier alpha value is -0.220. The second-order valence-corrected chi connectivity index (χ2v) is 1.20. The van der Waals surface area contributed by atoms with Crippen LogP contribution >= 0.6 is 13.5 Å². The van der Waals surface area contributed by atoms with Gasteiger partial charge in [0.1, 0.15) is 6.10 Å². The Labute approximate surface area is 55.1 Å². The lowest BCUT2D eigenvalue weighted by Crippen LogP contribution is -2.16. The van der Waals surface area contributed by atoms with Gasteiger partial charge in [0.25, 0.3) is 0 Å². The second-order valence-electron chi connectivity index (χ2n) is 1.20. The first-order valence-corrected chi connectivity index (χ1v) is 1.94. The van der Waals surface area contributed by atoms with Gasteiger partial charge in [0, 0.05) is 0 Å². The van der Waals surface area contributed by atoms with Crippen LogP contribution in [0.4, 0.5) is 0 Å². The lowest BCUT2D eigenvalue weighted by atomic mass is 10.4. The molecule has 1 atom stereocenters. The Kier molecular flexibility index (Phi) is 6.59. The molecule has 0 saturated heterocycles. The van der Waals surface area contributed by atoms with Crippen LogP contribution < -0.4 is 0 Å². The number of methoxy groups -OCH3 is 1. The van der Waals surface area contributed by atoms with E-state index >= 15 is 0 Å². The van der Waals surface area contributed by atoms with E-state index in [4.69, 9.17) is 5.11 Å². The van der Waals surface area contributed by atoms with Crippen LogP contribution in [0.3, 0.4) is 0 Å². The van der Waals surface area contributed by atoms with E-state index < -0.39 is 12.1 Å². The lowest BCUT2D eigenvalue weighted by Gasteiger charge is -1.97. The minimum absolute atomic E-state index is 0. The van der Waals surface area contributed by atoms with Crippen molar-refractivity contribution in [1.82, 2.24) is 0 Å². The number of esters is 1. The maximum Gasteiger partial charge on any atom is 0.334 e. The molecule has 0 aliphatic rings. The molecular formula is C4H10O3S. The van der Waals surface area contributed by atoms with Crippen molar-refractivity contribution in [3.05, 3.63) is 0 Å². The van der Waals surface area contributed by atoms with Crippen molar-refractivity contribution >= 4 is 19.5 Å². The molecule has 0 spiro atoms. The Morgan fingerprint density at radius 1 is 1.75 bits per heavy atom. The molecule has 0 aliphatic carbocycles. The average Bonchev–Trinajstić information content (AvgIpc) is 1.65. The maximum atomic E-state index is 10.0. The average molecular weight is 138 g/mol. The van der Waals surface area contributed by atoms with Gasteiger partial charge in [-0.3, -0.25) is 0 Å². The minimum Gasteiger partial charge on any atom is -0.467 e. The first-order valence-electron chi connectivity index (χ1n) is 1.94. The van der Waals surface area contributed by atoms with Gasteiger partial charge in [-0.2, -0.15) is 13.5 Å². The molecule has 8 heavy (non-hydrogen) atoms. The summed E-state index contributed by atoms with van der Waals surface area (Å²) in [6, 6.07) is 0. The molecule has 3 nitrogen and oxygen atoms in total. The molecule has 4 heteroatoms. The molecule has 0 fully saturated rings. The van der Waals surface area contributed by atoms with Crippen molar-refractivity contribution in [2.45, 2.75) is 13.0 Å². The Balaban J connectivity index is 0. The van der Waals surface area contributed by atoms with Gasteiger partial charge >= 0.3 is 5.97 Å². The number of carbonyl (C=O) groups is 1. The molecule has 0 heterocycles. The third-order valence-corrected chi connectivity index (χ3v) is 0.542. The van der Waals surface area contributed by atoms with Crippen LogP contribution in [-0.4, -0.2) is 24.3 Å². The van der Waals surface area contributed by atoms with Crippen LogP contribution in [0.15, 0.2) is 0 Å². The molecule has 0 aromatic carbocycles. The third kappa shape index (κ3) is 3.95. The normalized spacial score (nSPS) is 11.4. The largest absolute Gasteiger partial charge is 0.467 e. The lowest BCUT2D eigenvalue weighted by molar-refractivity contribution is -0.149. The molecule has 0 aromatic rings. The number of carbonyl (C=O) groups excluding carboxylic acids is 1. The van der Waals surface area contributed by atoms with Crippen LogP contribution in [0, 0.1) is 0 Å². The van der Waals surface area contributed by atoms with E-state index in [2.05, 4.69) is 4.74 Å². The fraction of sp³-hybridized carbons (Fsp3) is 0.750. The highest BCUT2D eigenvalue weighted by Crippen LogP contribution is 1.80. The van der Waals surface area contributed by atoms with Crippen molar-refractivity contribution in [1.29, 1.82) is 0 Å². The van der Waals surface area contributed by atoms with Gasteiger partial charge < -0.3 is 9.84 Å². The van der Waals surface area contributed by atoms with E-state index in [1.807, 2.05) is 0 Å². The highest BCUT2D eigenvalue weighted by atomic mass is 32.1. The topological polar surface area (TPSA) is 46.5 Å². The number of ether oxygens (including phenoxy) is 1. The van der Waals surface area contributed by atoms with Gasteiger partial charge in [0.2, 0.25) is 0 Å². The Bertz CT molecular complexity index is 71.7. The summed E-state index contributed by atoms with van der Waals surface area (Å²) in [6.45, 7) is 1.35. The number of rotatable bonds is 1. The monoisotopic (exact) mass is 138 g/mol. The summed E-state index contributed by atoms with van der Waals surface area (Å²) in [7, 11) is 1.23. The molecule has 0 aliphatic heterocycles. The molecule has 1 unspecified atom stereocenters. The number of aliphatic hydroxyl groups is 1. The smallest absolute Gasteiger partial charge is 0.334 e. The molecule has 50 valence electrons. The highest BCUT2D eigenvalue weighted by molar-refractivity contribution is 7.59. The zero-order valence-electron chi connectivity index (χ0n) is 4.84. The SMILES string of the molecule is COC(=O)C(C)O.S. The van der Waals surface area contributed by atoms with E-state index in [9.17, 15) is 4.79 Å². The molecule has 0 amide bonds. The van der Waals surface area contributed by atoms with Gasteiger partial charge in [-0.05, 0) is 6.92 Å². The van der Waals surface area contributed by atoms with E-state index in [1.165, 1.54) is 14.0 Å². The fourth-order valence-corrected chi connectivity index (χ4v) is 0.171. The van der Waals surface area contributed by atoms with Crippen LogP contribution in [0.5, 0.6) is 0 Å². The van der Waals surface area contributed by atoms with Crippen LogP contribution in [0.1, 0.15) is 6.92 Å². The van der Waals surface area contributed by atoms with Gasteiger partial charge in [-0.15, -0.1) is 0 Å². The first kappa shape index (κ1) is 10.7. The fourth-order valence-electron chi connectivity index (χ4n) is 0.171. The molecule has 0 radical (unpaired) electrons. The molecular weight excluding hydrogens is 128 g/mol. The van der Waals surface area contributed by atoms with Gasteiger partial charge in [-0.25, -0.2) is 4.79 Å². The van der Waals surface area contributed by atoms with E-state index in [0.717, 1.165) is 0 Å². The van der Waals surface area contributed by atoms with Gasteiger partial charge in [0.15, 0.2) is 0 Å². The standard InChI is InChI=1S/C4H8O3.H2S/c1-3(5)4(6)7-2;/h3,5H,1-2H3;1H2. The van der Waals surface area contributed by atoms with E-state index in [1.54, 1.807) is 0 Å². The van der Waals surface area contributed by atoms with Crippen molar-refractivity contribution < 1.29 is 14.6 Å². The van der Waals surface area contributed by atoms with Gasteiger partial charge in [0.05, 0.1) is 7.11 Å². The molecule has 0 bridgehead atoms. The summed E-state index contributed by atoms with van der Waals surface area (Å²) in [6.07, 6.45) is -0.995. The summed E-state index contributed by atoms with van der Waals surface area (Å²) in [5.74, 6) is -0.597. The van der Waals surface area contributed by atoms with Crippen LogP contribution in [-0.2, 0) is 9.53 Å². The Morgan fingerprint density at radius 2 is 2.12 bits per heavy atom. The predicted molar refractivity (Wildman–Crippen MR) is 34.1 cm³/mol. The highest BCUT2D eigenvalue weighted by Gasteiger charge is 2.05. The Morgan fingerprint density at radius 3 is 2.12 bits per heavy atom. The molecule has 0 saturated carbocycles. The summed E-state index contributed by atoms with van der Waals surface area (Å²) in [5, 5.41) is 8.35. The first-order chi connectivity index (χ1) is 3.18. The molecule has 1 N–H and O–H groups in total. The molecule has 0 aromatic heterocycles. The summed E-state index contributed by atoms with van der Waals surface area (Å²) in [4.78, 5) is 10.0. The van der Waals surface area contributed by atoms with Crippen molar-refractivity contribution in [2.75, 3.05) is 7.11 Å². The summed E-state index contributed by atoms with van der Waals surface area (Å²) in [5.41, 5.74) is 0. The quantitative estimate of drug-likeness (QED) is 0.504.